The van der Waals surface area contributed by atoms with Crippen LogP contribution in [0.5, 0.6) is 0 Å². The number of carboxylic acid groups (broad SMARTS) is 1. The largest absolute Gasteiger partial charge is 0.633 e. The molecule has 0 aliphatic carbocycles. The monoisotopic (exact) mass is 400 g/mol. The first-order valence-corrected chi connectivity index (χ1v) is 11.4. The average Bonchev–Trinajstić information content (AvgIpc) is 2.63. The first-order valence-electron chi connectivity index (χ1n) is 11.4. The van der Waals surface area contributed by atoms with E-state index in [0.29, 0.717) is 19.5 Å². The Morgan fingerprint density at radius 2 is 1.32 bits per heavy atom. The Kier molecular flexibility index (Phi) is 23.4. The second-order valence-electron chi connectivity index (χ2n) is 8.17. The molecule has 28 heavy (non-hydrogen) atoms. The van der Waals surface area contributed by atoms with Crippen molar-refractivity contribution in [1.29, 1.82) is 0 Å². The van der Waals surface area contributed by atoms with Crippen LogP contribution in [0.4, 0.5) is 0 Å². The van der Waals surface area contributed by atoms with Crippen molar-refractivity contribution in [3.8, 4) is 0 Å². The van der Waals surface area contributed by atoms with Gasteiger partial charge in [-0.05, 0) is 38.6 Å². The molecule has 0 rings (SSSR count). The molecule has 0 spiro atoms. The van der Waals surface area contributed by atoms with Crippen molar-refractivity contribution in [2.45, 2.75) is 103 Å². The summed E-state index contributed by atoms with van der Waals surface area (Å²) in [6.07, 6.45) is 22.1. The van der Waals surface area contributed by atoms with E-state index in [1.165, 1.54) is 70.6 Å². The molecule has 0 unspecified atom stereocenters. The zero-order valence-corrected chi connectivity index (χ0v) is 19.0. The number of hydrogen-bond donors (Lipinski definition) is 2. The Balaban J connectivity index is 0. The third-order valence-corrected chi connectivity index (χ3v) is 4.55. The van der Waals surface area contributed by atoms with Crippen molar-refractivity contribution in [3.05, 3.63) is 17.4 Å². The summed E-state index contributed by atoms with van der Waals surface area (Å²) >= 11 is 0. The van der Waals surface area contributed by atoms with Crippen LogP contribution in [0.1, 0.15) is 103 Å². The second kappa shape index (κ2) is 22.4. The fraction of sp³-hybridized carbons (Fsp3) is 0.870. The summed E-state index contributed by atoms with van der Waals surface area (Å²) in [5.74, 6) is -0.664. The molecule has 3 N–H and O–H groups in total. The van der Waals surface area contributed by atoms with Gasteiger partial charge in [0.25, 0.3) is 0 Å². The predicted molar refractivity (Wildman–Crippen MR) is 121 cm³/mol. The average molecular weight is 401 g/mol. The van der Waals surface area contributed by atoms with E-state index in [1.807, 2.05) is 0 Å². The van der Waals surface area contributed by atoms with Gasteiger partial charge in [-0.2, -0.15) is 0 Å². The highest BCUT2D eigenvalue weighted by Gasteiger charge is 1.97. The standard InChI is InChI=1S/C18H34O2.C5H14N2O/c1-2-3-4-5-6-7-8-9-10-11-12-13-14-15-16-17-18(19)20;1-7(2,8)5-3-4-6/h9-10H,2-8,11-17H2,1H3,(H,19,20);3-6H2,1-2H3/b10-9-;. The van der Waals surface area contributed by atoms with Gasteiger partial charge in [-0.3, -0.25) is 4.79 Å². The van der Waals surface area contributed by atoms with E-state index in [-0.39, 0.29) is 4.65 Å². The molecule has 0 aliphatic heterocycles. The Hall–Kier alpha value is -0.910. The van der Waals surface area contributed by atoms with Crippen LogP contribution in [0.15, 0.2) is 12.2 Å². The Bertz CT molecular complexity index is 352. The normalized spacial score (nSPS) is 11.5. The van der Waals surface area contributed by atoms with Gasteiger partial charge in [-0.15, -0.1) is 0 Å². The zero-order chi connectivity index (χ0) is 21.5. The molecule has 0 aromatic rings. The van der Waals surface area contributed by atoms with E-state index in [9.17, 15) is 10.0 Å². The number of carboxylic acids is 1. The molecule has 0 amide bonds. The summed E-state index contributed by atoms with van der Waals surface area (Å²) in [7, 11) is 3.24. The van der Waals surface area contributed by atoms with Gasteiger partial charge in [0.15, 0.2) is 0 Å². The van der Waals surface area contributed by atoms with E-state index in [2.05, 4.69) is 19.1 Å². The van der Waals surface area contributed by atoms with Crippen molar-refractivity contribution in [1.82, 2.24) is 0 Å². The maximum Gasteiger partial charge on any atom is 0.303 e. The molecule has 5 heteroatoms. The summed E-state index contributed by atoms with van der Waals surface area (Å²) in [6.45, 7) is 3.50. The number of hydroxylamine groups is 3. The van der Waals surface area contributed by atoms with Gasteiger partial charge in [0.1, 0.15) is 0 Å². The molecule has 0 heterocycles. The Morgan fingerprint density at radius 1 is 0.857 bits per heavy atom. The molecular weight excluding hydrogens is 352 g/mol. The molecule has 0 saturated heterocycles. The minimum Gasteiger partial charge on any atom is -0.633 e. The summed E-state index contributed by atoms with van der Waals surface area (Å²) in [6, 6.07) is 0. The van der Waals surface area contributed by atoms with Crippen molar-refractivity contribution in [2.75, 3.05) is 27.2 Å². The molecule has 168 valence electrons. The van der Waals surface area contributed by atoms with E-state index >= 15 is 0 Å². The van der Waals surface area contributed by atoms with Crippen molar-refractivity contribution < 1.29 is 14.5 Å². The van der Waals surface area contributed by atoms with Crippen molar-refractivity contribution in [2.24, 2.45) is 5.73 Å². The molecule has 0 saturated carbocycles. The van der Waals surface area contributed by atoms with E-state index in [4.69, 9.17) is 10.8 Å². The number of allylic oxidation sites excluding steroid dienone is 2. The van der Waals surface area contributed by atoms with Gasteiger partial charge in [0.2, 0.25) is 0 Å². The van der Waals surface area contributed by atoms with Crippen LogP contribution >= 0.6 is 0 Å². The minimum atomic E-state index is -0.664. The van der Waals surface area contributed by atoms with Crippen LogP contribution < -0.4 is 5.73 Å². The number of aliphatic carboxylic acids is 1. The molecule has 0 aromatic carbocycles. The molecular formula is C23H48N2O3. The lowest BCUT2D eigenvalue weighted by Crippen LogP contribution is -2.34. The summed E-state index contributed by atoms with van der Waals surface area (Å²) in [5.41, 5.74) is 5.19. The number of carbonyl (C=O) groups is 1. The second-order valence-corrected chi connectivity index (χ2v) is 8.17. The molecule has 0 atom stereocenters. The number of rotatable bonds is 18. The summed E-state index contributed by atoms with van der Waals surface area (Å²) < 4.78 is -0.225. The van der Waals surface area contributed by atoms with E-state index < -0.39 is 5.97 Å². The molecule has 0 bridgehead atoms. The van der Waals surface area contributed by atoms with Gasteiger partial charge < -0.3 is 20.7 Å². The quantitative estimate of drug-likeness (QED) is 0.127. The third-order valence-electron chi connectivity index (χ3n) is 4.55. The van der Waals surface area contributed by atoms with E-state index in [1.54, 1.807) is 14.1 Å². The van der Waals surface area contributed by atoms with Crippen LogP contribution in [0.2, 0.25) is 0 Å². The lowest BCUT2D eigenvalue weighted by atomic mass is 10.1. The van der Waals surface area contributed by atoms with Gasteiger partial charge >= 0.3 is 5.97 Å². The van der Waals surface area contributed by atoms with Crippen molar-refractivity contribution >= 4 is 5.97 Å². The van der Waals surface area contributed by atoms with Gasteiger partial charge in [-0.1, -0.05) is 70.4 Å². The number of nitrogens with two attached hydrogens (primary N) is 1. The number of nitrogens with zero attached hydrogens (tertiary/aromatic N) is 1. The Morgan fingerprint density at radius 3 is 1.71 bits per heavy atom. The smallest absolute Gasteiger partial charge is 0.303 e. The van der Waals surface area contributed by atoms with Crippen LogP contribution in [0, 0.1) is 5.21 Å². The predicted octanol–water partition coefficient (Wildman–Crippen LogP) is 6.02. The van der Waals surface area contributed by atoms with Crippen LogP contribution in [0.25, 0.3) is 0 Å². The lowest BCUT2D eigenvalue weighted by molar-refractivity contribution is -0.840. The maximum absolute atomic E-state index is 10.7. The summed E-state index contributed by atoms with van der Waals surface area (Å²) in [4.78, 5) is 10.3. The molecule has 0 fully saturated rings. The molecule has 0 aliphatic rings. The summed E-state index contributed by atoms with van der Waals surface area (Å²) in [5, 5.41) is 19.3. The third kappa shape index (κ3) is 32.7. The molecule has 0 aromatic heterocycles. The highest BCUT2D eigenvalue weighted by molar-refractivity contribution is 5.66. The highest BCUT2D eigenvalue weighted by Crippen LogP contribution is 2.09. The zero-order valence-electron chi connectivity index (χ0n) is 19.0. The van der Waals surface area contributed by atoms with Crippen LogP contribution in [0.3, 0.4) is 0 Å². The van der Waals surface area contributed by atoms with Crippen LogP contribution in [-0.4, -0.2) is 42.9 Å². The van der Waals surface area contributed by atoms with Crippen LogP contribution in [-0.2, 0) is 4.79 Å². The topological polar surface area (TPSA) is 86.4 Å². The minimum absolute atomic E-state index is 0.225. The fourth-order valence-corrected chi connectivity index (χ4v) is 2.82. The van der Waals surface area contributed by atoms with Crippen molar-refractivity contribution in [3.63, 3.8) is 0 Å². The Labute approximate surface area is 174 Å². The lowest BCUT2D eigenvalue weighted by Gasteiger charge is -2.33. The first kappa shape index (κ1) is 29.3. The highest BCUT2D eigenvalue weighted by atomic mass is 16.5. The molecule has 0 radical (unpaired) electrons. The number of hydrogen-bond acceptors (Lipinski definition) is 3. The SMILES string of the molecule is CCCCCCCC/C=C\CCCCCCCC(=O)O.C[N+](C)([O-])CCCN. The number of quaternary nitrogens is 1. The maximum atomic E-state index is 10.7. The van der Waals surface area contributed by atoms with Gasteiger partial charge in [-0.25, -0.2) is 0 Å². The first-order chi connectivity index (χ1) is 13.3. The van der Waals surface area contributed by atoms with E-state index in [0.717, 1.165) is 19.3 Å². The van der Waals surface area contributed by atoms with Gasteiger partial charge in [0, 0.05) is 12.8 Å². The fourth-order valence-electron chi connectivity index (χ4n) is 2.82. The van der Waals surface area contributed by atoms with Gasteiger partial charge in [0.05, 0.1) is 20.6 Å². The molecule has 5 nitrogen and oxygen atoms in total. The number of unbranched alkanes of at least 4 members (excludes halogenated alkanes) is 11.